The van der Waals surface area contributed by atoms with Gasteiger partial charge in [0.25, 0.3) is 0 Å². The highest BCUT2D eigenvalue weighted by atomic mass is 32.1. The van der Waals surface area contributed by atoms with Crippen LogP contribution in [0.2, 0.25) is 0 Å². The van der Waals surface area contributed by atoms with Gasteiger partial charge in [-0.3, -0.25) is 9.50 Å². The van der Waals surface area contributed by atoms with Crippen molar-refractivity contribution < 1.29 is 4.74 Å². The molecule has 3 heterocycles. The van der Waals surface area contributed by atoms with Gasteiger partial charge in [0, 0.05) is 18.0 Å². The topological polar surface area (TPSA) is 59.6 Å². The van der Waals surface area contributed by atoms with Gasteiger partial charge in [-0.25, -0.2) is 4.52 Å². The van der Waals surface area contributed by atoms with Gasteiger partial charge in [0.2, 0.25) is 0 Å². The predicted molar refractivity (Wildman–Crippen MR) is 81.1 cm³/mol. The van der Waals surface area contributed by atoms with Gasteiger partial charge in [0.15, 0.2) is 10.4 Å². The smallest absolute Gasteiger partial charge is 0.199 e. The predicted octanol–water partition coefficient (Wildman–Crippen LogP) is 2.72. The number of benzene rings is 1. The van der Waals surface area contributed by atoms with Crippen molar-refractivity contribution in [2.75, 3.05) is 7.11 Å². The highest BCUT2D eigenvalue weighted by molar-refractivity contribution is 7.71. The van der Waals surface area contributed by atoms with Gasteiger partial charge >= 0.3 is 0 Å². The fourth-order valence-electron chi connectivity index (χ4n) is 2.33. The summed E-state index contributed by atoms with van der Waals surface area (Å²) in [6, 6.07) is 9.79. The van der Waals surface area contributed by atoms with E-state index in [0.717, 1.165) is 28.2 Å². The van der Waals surface area contributed by atoms with E-state index < -0.39 is 0 Å². The number of hydrogen-bond acceptors (Lipinski definition) is 4. The molecule has 0 fully saturated rings. The van der Waals surface area contributed by atoms with Crippen molar-refractivity contribution in [3.63, 3.8) is 0 Å². The summed E-state index contributed by atoms with van der Waals surface area (Å²) >= 11 is 5.18. The number of hydrogen-bond donors (Lipinski definition) is 1. The quantitative estimate of drug-likeness (QED) is 0.578. The molecule has 4 rings (SSSR count). The molecule has 0 saturated carbocycles. The van der Waals surface area contributed by atoms with Crippen molar-refractivity contribution in [2.24, 2.45) is 0 Å². The summed E-state index contributed by atoms with van der Waals surface area (Å²) in [5, 5.41) is 11.6. The van der Waals surface area contributed by atoms with Crippen molar-refractivity contribution in [1.29, 1.82) is 0 Å². The second-order valence-corrected chi connectivity index (χ2v) is 5.00. The van der Waals surface area contributed by atoms with E-state index in [1.807, 2.05) is 47.1 Å². The molecule has 1 aromatic carbocycles. The van der Waals surface area contributed by atoms with Crippen molar-refractivity contribution in [3.8, 4) is 17.0 Å². The van der Waals surface area contributed by atoms with Gasteiger partial charge in [-0.15, -0.1) is 0 Å². The van der Waals surface area contributed by atoms with Crippen LogP contribution in [0.3, 0.4) is 0 Å². The molecule has 1 N–H and O–H groups in total. The summed E-state index contributed by atoms with van der Waals surface area (Å²) in [5.41, 5.74) is 3.55. The average Bonchev–Trinajstić information content (AvgIpc) is 3.11. The lowest BCUT2D eigenvalue weighted by molar-refractivity contribution is 0.415. The number of rotatable bonds is 2. The molecule has 0 aliphatic rings. The van der Waals surface area contributed by atoms with E-state index in [9.17, 15) is 0 Å². The molecule has 6 nitrogen and oxygen atoms in total. The monoisotopic (exact) mass is 297 g/mol. The van der Waals surface area contributed by atoms with E-state index in [0.29, 0.717) is 4.77 Å². The number of nitrogens with zero attached hydrogens (tertiary/aromatic N) is 4. The van der Waals surface area contributed by atoms with Crippen LogP contribution in [0.25, 0.3) is 22.4 Å². The van der Waals surface area contributed by atoms with Crippen LogP contribution in [0.15, 0.2) is 42.7 Å². The minimum atomic E-state index is 0.569. The molecular formula is C14H11N5OS. The third kappa shape index (κ3) is 1.82. The van der Waals surface area contributed by atoms with Gasteiger partial charge < -0.3 is 4.74 Å². The van der Waals surface area contributed by atoms with Crippen LogP contribution in [-0.4, -0.2) is 31.3 Å². The molecule has 4 aromatic rings. The standard InChI is InChI=1S/C14H11N5OS/c1-20-10-4-2-9(3-5-10)11-8-12-13-15-16-14(21)18(13)6-7-19(12)17-11/h2-8H,1H3,(H,16,21). The van der Waals surface area contributed by atoms with Gasteiger partial charge in [0.05, 0.1) is 12.8 Å². The number of nitrogens with one attached hydrogen (secondary N) is 1. The first-order chi connectivity index (χ1) is 10.3. The molecule has 0 spiro atoms. The van der Waals surface area contributed by atoms with E-state index >= 15 is 0 Å². The van der Waals surface area contributed by atoms with Crippen molar-refractivity contribution in [3.05, 3.63) is 47.5 Å². The molecule has 0 atom stereocenters. The molecule has 0 unspecified atom stereocenters. The van der Waals surface area contributed by atoms with Crippen LogP contribution in [-0.2, 0) is 0 Å². The molecule has 0 amide bonds. The summed E-state index contributed by atoms with van der Waals surface area (Å²) < 4.78 is 9.36. The average molecular weight is 297 g/mol. The van der Waals surface area contributed by atoms with E-state index in [1.165, 1.54) is 0 Å². The van der Waals surface area contributed by atoms with Crippen LogP contribution in [0.4, 0.5) is 0 Å². The zero-order valence-corrected chi connectivity index (χ0v) is 12.0. The first kappa shape index (κ1) is 12.1. The number of fused-ring (bicyclic) bond motifs is 3. The summed E-state index contributed by atoms with van der Waals surface area (Å²) in [7, 11) is 1.65. The van der Waals surface area contributed by atoms with Crippen LogP contribution in [0.5, 0.6) is 5.75 Å². The summed E-state index contributed by atoms with van der Waals surface area (Å²) in [6.07, 6.45) is 3.71. The Balaban J connectivity index is 1.93. The van der Waals surface area contributed by atoms with Gasteiger partial charge in [-0.2, -0.15) is 10.2 Å². The molecule has 0 saturated heterocycles. The fraction of sp³-hybridized carbons (Fsp3) is 0.0714. The Morgan fingerprint density at radius 2 is 2.00 bits per heavy atom. The van der Waals surface area contributed by atoms with Gasteiger partial charge in [-0.05, 0) is 42.5 Å². The molecule has 21 heavy (non-hydrogen) atoms. The highest BCUT2D eigenvalue weighted by Crippen LogP contribution is 2.23. The van der Waals surface area contributed by atoms with Crippen molar-refractivity contribution >= 4 is 23.4 Å². The normalized spacial score (nSPS) is 11.3. The first-order valence-corrected chi connectivity index (χ1v) is 6.76. The maximum Gasteiger partial charge on any atom is 0.199 e. The molecule has 0 bridgehead atoms. The number of ether oxygens (including phenoxy) is 1. The largest absolute Gasteiger partial charge is 0.497 e. The first-order valence-electron chi connectivity index (χ1n) is 6.36. The zero-order valence-electron chi connectivity index (χ0n) is 11.1. The Labute approximate surface area is 124 Å². The number of methoxy groups -OCH3 is 1. The second kappa shape index (κ2) is 4.42. The van der Waals surface area contributed by atoms with Crippen LogP contribution >= 0.6 is 12.2 Å². The fourth-order valence-corrected chi connectivity index (χ4v) is 2.52. The van der Waals surface area contributed by atoms with Crippen molar-refractivity contribution in [1.82, 2.24) is 24.2 Å². The Morgan fingerprint density at radius 1 is 1.19 bits per heavy atom. The highest BCUT2D eigenvalue weighted by Gasteiger charge is 2.09. The minimum Gasteiger partial charge on any atom is -0.497 e. The molecular weight excluding hydrogens is 286 g/mol. The van der Waals surface area contributed by atoms with E-state index in [2.05, 4.69) is 15.3 Å². The summed E-state index contributed by atoms with van der Waals surface area (Å²) in [5.74, 6) is 0.823. The molecule has 7 heteroatoms. The lowest BCUT2D eigenvalue weighted by atomic mass is 10.1. The third-order valence-corrected chi connectivity index (χ3v) is 3.70. The maximum absolute atomic E-state index is 5.18. The van der Waals surface area contributed by atoms with E-state index in [1.54, 1.807) is 11.6 Å². The Hall–Kier alpha value is -2.67. The zero-order chi connectivity index (χ0) is 14.4. The number of aromatic amines is 1. The van der Waals surface area contributed by atoms with Crippen LogP contribution in [0.1, 0.15) is 0 Å². The number of aromatic nitrogens is 5. The van der Waals surface area contributed by atoms with Gasteiger partial charge in [-0.1, -0.05) is 0 Å². The summed E-state index contributed by atoms with van der Waals surface area (Å²) in [6.45, 7) is 0. The van der Waals surface area contributed by atoms with E-state index in [-0.39, 0.29) is 0 Å². The molecule has 104 valence electrons. The van der Waals surface area contributed by atoms with Crippen LogP contribution in [0, 0.1) is 4.77 Å². The lowest BCUT2D eigenvalue weighted by Crippen LogP contribution is -1.92. The second-order valence-electron chi connectivity index (χ2n) is 4.61. The van der Waals surface area contributed by atoms with Crippen LogP contribution < -0.4 is 4.74 Å². The molecule has 0 aliphatic carbocycles. The Kier molecular flexibility index (Phi) is 2.55. The van der Waals surface area contributed by atoms with E-state index in [4.69, 9.17) is 17.0 Å². The maximum atomic E-state index is 5.18. The minimum absolute atomic E-state index is 0.569. The third-order valence-electron chi connectivity index (χ3n) is 3.41. The molecule has 0 aliphatic heterocycles. The lowest BCUT2D eigenvalue weighted by Gasteiger charge is -1.99. The Bertz CT molecular complexity index is 996. The SMILES string of the molecule is COc1ccc(-c2cc3c4n[nH]c(=S)n4ccn3n2)cc1. The van der Waals surface area contributed by atoms with Crippen molar-refractivity contribution in [2.45, 2.75) is 0 Å². The summed E-state index contributed by atoms with van der Waals surface area (Å²) in [4.78, 5) is 0. The molecule has 0 radical (unpaired) electrons. The number of H-pyrrole nitrogens is 1. The van der Waals surface area contributed by atoms with Gasteiger partial charge in [0.1, 0.15) is 11.3 Å². The molecule has 3 aromatic heterocycles. The Morgan fingerprint density at radius 3 is 2.76 bits per heavy atom.